The van der Waals surface area contributed by atoms with Crippen LogP contribution in [0.2, 0.25) is 0 Å². The van der Waals surface area contributed by atoms with E-state index in [0.717, 1.165) is 41.4 Å². The molecule has 0 unspecified atom stereocenters. The predicted octanol–water partition coefficient (Wildman–Crippen LogP) is 12.4. The van der Waals surface area contributed by atoms with Crippen LogP contribution in [0.4, 0.5) is 34.1 Å². The van der Waals surface area contributed by atoms with E-state index in [1.807, 2.05) is 11.3 Å². The van der Waals surface area contributed by atoms with Crippen molar-refractivity contribution < 1.29 is 4.74 Å². The summed E-state index contributed by atoms with van der Waals surface area (Å²) in [7, 11) is 0. The first-order valence-electron chi connectivity index (χ1n) is 20.1. The van der Waals surface area contributed by atoms with Crippen LogP contribution in [0, 0.1) is 6.92 Å². The fourth-order valence-electron chi connectivity index (χ4n) is 9.55. The molecule has 11 rings (SSSR count). The second kappa shape index (κ2) is 12.6. The van der Waals surface area contributed by atoms with Crippen LogP contribution in [-0.2, 0) is 18.3 Å². The van der Waals surface area contributed by atoms with Gasteiger partial charge in [0.05, 0.1) is 11.4 Å². The van der Waals surface area contributed by atoms with Crippen LogP contribution in [0.25, 0.3) is 21.5 Å². The number of anilines is 6. The molecule has 0 bridgehead atoms. The van der Waals surface area contributed by atoms with Gasteiger partial charge >= 0.3 is 0 Å². The molecule has 0 radical (unpaired) electrons. The molecule has 3 nitrogen and oxygen atoms in total. The molecule has 3 aliphatic rings. The van der Waals surface area contributed by atoms with Crippen LogP contribution < -0.4 is 30.2 Å². The maximum Gasteiger partial charge on any atom is 0.268 e. The van der Waals surface area contributed by atoms with Crippen molar-refractivity contribution in [2.45, 2.75) is 58.8 Å². The number of thiophene rings is 1. The van der Waals surface area contributed by atoms with Gasteiger partial charge in [-0.1, -0.05) is 112 Å². The average molecular weight is 743 g/mol. The summed E-state index contributed by atoms with van der Waals surface area (Å²) >= 11 is 2.00. The van der Waals surface area contributed by atoms with E-state index in [-0.39, 0.29) is 12.1 Å². The lowest BCUT2D eigenvalue weighted by Crippen LogP contribution is -2.58. The summed E-state index contributed by atoms with van der Waals surface area (Å²) in [6, 6.07) is 52.1. The van der Waals surface area contributed by atoms with Crippen LogP contribution in [0.3, 0.4) is 0 Å². The zero-order valence-electron chi connectivity index (χ0n) is 32.4. The zero-order chi connectivity index (χ0) is 37.7. The first-order chi connectivity index (χ1) is 27.3. The smallest absolute Gasteiger partial charge is 0.268 e. The second-order valence-electron chi connectivity index (χ2n) is 16.8. The number of fused-ring (bicyclic) bond motifs is 8. The first kappa shape index (κ1) is 33.6. The van der Waals surface area contributed by atoms with E-state index >= 15 is 0 Å². The summed E-state index contributed by atoms with van der Waals surface area (Å²) in [5.41, 5.74) is 13.6. The number of hydrogen-bond donors (Lipinski definition) is 0. The standard InChI is InChI=1S/C51H43BN2OS/c1-32-29-45-48-46(30-32)55-49-40-19-9-10-22-47(40)56-50(49)52(48)41-28-27-37(31-44(41)54(45)43-21-12-16-34-14-6-8-18-39(34)43)53(36-25-23-35(24-26-36)51(2,3)4)42-20-11-15-33-13-5-7-17-38(33)42/h5-8,11-18,20-21,23-31H,9-10,19,22H2,1-4H3. The molecule has 8 aromatic rings. The first-order valence-corrected chi connectivity index (χ1v) is 20.9. The molecule has 1 aromatic heterocycles. The van der Waals surface area contributed by atoms with Crippen LogP contribution >= 0.6 is 11.3 Å². The largest absolute Gasteiger partial charge is 0.457 e. The van der Waals surface area contributed by atoms with E-state index in [2.05, 4.69) is 177 Å². The highest BCUT2D eigenvalue weighted by atomic mass is 32.1. The van der Waals surface area contributed by atoms with E-state index < -0.39 is 0 Å². The van der Waals surface area contributed by atoms with Gasteiger partial charge in [0.25, 0.3) is 6.71 Å². The highest BCUT2D eigenvalue weighted by molar-refractivity contribution is 7.28. The molecule has 56 heavy (non-hydrogen) atoms. The number of hydrogen-bond acceptors (Lipinski definition) is 4. The maximum atomic E-state index is 7.06. The van der Waals surface area contributed by atoms with Gasteiger partial charge in [-0.05, 0) is 119 Å². The maximum absolute atomic E-state index is 7.06. The second-order valence-corrected chi connectivity index (χ2v) is 18.0. The van der Waals surface area contributed by atoms with E-state index in [0.29, 0.717) is 0 Å². The quantitative estimate of drug-likeness (QED) is 0.167. The molecular formula is C51H43BN2OS. The minimum atomic E-state index is 0.0571. The molecule has 0 N–H and O–H groups in total. The third-order valence-electron chi connectivity index (χ3n) is 12.2. The molecule has 0 saturated heterocycles. The molecule has 0 spiro atoms. The van der Waals surface area contributed by atoms with Gasteiger partial charge in [0, 0.05) is 48.7 Å². The van der Waals surface area contributed by atoms with Crippen molar-refractivity contribution in [2.24, 2.45) is 0 Å². The molecule has 1 aliphatic carbocycles. The lowest BCUT2D eigenvalue weighted by Gasteiger charge is -2.40. The van der Waals surface area contributed by atoms with Crippen molar-refractivity contribution in [1.82, 2.24) is 0 Å². The van der Waals surface area contributed by atoms with E-state index in [9.17, 15) is 0 Å². The van der Waals surface area contributed by atoms with E-state index in [4.69, 9.17) is 4.74 Å². The Bertz CT molecular complexity index is 2860. The van der Waals surface area contributed by atoms with Crippen molar-refractivity contribution in [1.29, 1.82) is 0 Å². The Morgan fingerprint density at radius 2 is 1.36 bits per heavy atom. The van der Waals surface area contributed by atoms with E-state index in [1.165, 1.54) is 88.7 Å². The van der Waals surface area contributed by atoms with E-state index in [1.54, 1.807) is 0 Å². The Morgan fingerprint density at radius 1 is 0.661 bits per heavy atom. The Labute approximate surface area is 333 Å². The van der Waals surface area contributed by atoms with Crippen molar-refractivity contribution in [3.63, 3.8) is 0 Å². The minimum Gasteiger partial charge on any atom is -0.457 e. The molecule has 0 amide bonds. The van der Waals surface area contributed by atoms with Gasteiger partial charge in [-0.15, -0.1) is 0 Å². The Balaban J connectivity index is 1.20. The van der Waals surface area contributed by atoms with Crippen molar-refractivity contribution in [2.75, 3.05) is 9.80 Å². The molecule has 0 fully saturated rings. The molecule has 7 aromatic carbocycles. The number of ether oxygens (including phenoxy) is 1. The fraction of sp³-hybridized carbons (Fsp3) is 0.176. The molecule has 272 valence electrons. The summed E-state index contributed by atoms with van der Waals surface area (Å²) in [6.45, 7) is 9.16. The topological polar surface area (TPSA) is 15.7 Å². The summed E-state index contributed by atoms with van der Waals surface area (Å²) < 4.78 is 8.42. The van der Waals surface area contributed by atoms with Gasteiger partial charge in [0.1, 0.15) is 11.5 Å². The number of rotatable bonds is 4. The van der Waals surface area contributed by atoms with Crippen LogP contribution in [0.5, 0.6) is 11.5 Å². The molecule has 0 atom stereocenters. The normalized spacial score (nSPS) is 14.2. The Morgan fingerprint density at radius 3 is 2.16 bits per heavy atom. The van der Waals surface area contributed by atoms with Gasteiger partial charge in [0.15, 0.2) is 0 Å². The Kier molecular flexibility index (Phi) is 7.56. The molecular weight excluding hydrogens is 699 g/mol. The highest BCUT2D eigenvalue weighted by Gasteiger charge is 2.45. The van der Waals surface area contributed by atoms with Crippen LogP contribution in [-0.4, -0.2) is 6.71 Å². The minimum absolute atomic E-state index is 0.0571. The van der Waals surface area contributed by atoms with Crippen molar-refractivity contribution in [3.05, 3.63) is 161 Å². The summed E-state index contributed by atoms with van der Waals surface area (Å²) in [5, 5.41) is 4.91. The van der Waals surface area contributed by atoms with Crippen LogP contribution in [0.15, 0.2) is 140 Å². The fourth-order valence-corrected chi connectivity index (χ4v) is 11.0. The number of aryl methyl sites for hydroxylation is 2. The summed E-state index contributed by atoms with van der Waals surface area (Å²) in [6.07, 6.45) is 4.73. The number of benzene rings is 7. The van der Waals surface area contributed by atoms with Crippen molar-refractivity contribution in [3.8, 4) is 11.5 Å². The SMILES string of the molecule is Cc1cc2c3c(c1)N(c1cccc4ccccc14)c1cc(N(c4ccc(C(C)(C)C)cc4)c4cccc5ccccc45)ccc1B3c1sc3c(c1O2)CCCC3. The molecule has 3 heterocycles. The Hall–Kier alpha value is -5.78. The average Bonchev–Trinajstić information content (AvgIpc) is 3.59. The van der Waals surface area contributed by atoms with Crippen molar-refractivity contribution >= 4 is 89.4 Å². The van der Waals surface area contributed by atoms with Crippen LogP contribution in [0.1, 0.15) is 55.2 Å². The lowest BCUT2D eigenvalue weighted by atomic mass is 9.36. The van der Waals surface area contributed by atoms with Gasteiger partial charge in [-0.25, -0.2) is 0 Å². The number of nitrogens with zero attached hydrogens (tertiary/aromatic N) is 2. The zero-order valence-corrected chi connectivity index (χ0v) is 33.2. The third-order valence-corrected chi connectivity index (χ3v) is 13.6. The third kappa shape index (κ3) is 5.17. The summed E-state index contributed by atoms with van der Waals surface area (Å²) in [5.74, 6) is 2.13. The molecule has 2 aliphatic heterocycles. The van der Waals surface area contributed by atoms with Gasteiger partial charge in [0.2, 0.25) is 0 Å². The monoisotopic (exact) mass is 742 g/mol. The van der Waals surface area contributed by atoms with Gasteiger partial charge < -0.3 is 14.5 Å². The lowest BCUT2D eigenvalue weighted by molar-refractivity contribution is 0.478. The summed E-state index contributed by atoms with van der Waals surface area (Å²) in [4.78, 5) is 6.52. The molecule has 5 heteroatoms. The molecule has 0 saturated carbocycles. The van der Waals surface area contributed by atoms with Gasteiger partial charge in [-0.2, -0.15) is 11.3 Å². The highest BCUT2D eigenvalue weighted by Crippen LogP contribution is 2.48. The predicted molar refractivity (Wildman–Crippen MR) is 240 cm³/mol. The van der Waals surface area contributed by atoms with Gasteiger partial charge in [-0.3, -0.25) is 0 Å².